The average Bonchev–Trinajstić information content (AvgIpc) is 2.65. The van der Waals surface area contributed by atoms with Gasteiger partial charge < -0.3 is 34.1 Å². The van der Waals surface area contributed by atoms with E-state index in [1.165, 1.54) is 12.3 Å². The lowest BCUT2D eigenvalue weighted by Gasteiger charge is -2.37. The second-order valence-corrected chi connectivity index (χ2v) is 7.40. The Hall–Kier alpha value is -2.49. The lowest BCUT2D eigenvalue weighted by atomic mass is 10.1. The van der Waals surface area contributed by atoms with Gasteiger partial charge in [0.15, 0.2) is 11.5 Å². The number of rotatable bonds is 3. The number of aromatic nitrogens is 1. The maximum atomic E-state index is 12.8. The van der Waals surface area contributed by atoms with E-state index in [4.69, 9.17) is 21.4 Å². The fourth-order valence-electron chi connectivity index (χ4n) is 3.73. The third kappa shape index (κ3) is 3.15. The predicted octanol–water partition coefficient (Wildman–Crippen LogP) is 1.22. The SMILES string of the molecule is CN1CCN(c2c(Cl)cc3c(=O)c(OC(=O)O)cn4c3c2O[C@@H](CO)C4)CC1. The standard InChI is InChI=1S/C18H20ClN3O6/c1-20-2-4-21(5-3-20)15-12(19)6-11-14-17(15)27-10(9-23)7-22(14)8-13(16(11)24)28-18(25)26/h6,8,10,23H,2-5,7,9H2,1H3,(H,25,26)/t10-/m1/s1. The number of benzene rings is 1. The molecule has 1 aromatic carbocycles. The zero-order valence-corrected chi connectivity index (χ0v) is 16.0. The fraction of sp³-hybridized carbons (Fsp3) is 0.444. The predicted molar refractivity (Wildman–Crippen MR) is 103 cm³/mol. The Morgan fingerprint density at radius 2 is 2.07 bits per heavy atom. The Morgan fingerprint density at radius 3 is 2.71 bits per heavy atom. The summed E-state index contributed by atoms with van der Waals surface area (Å²) in [5, 5.41) is 19.1. The third-order valence-electron chi connectivity index (χ3n) is 5.12. The van der Waals surface area contributed by atoms with Gasteiger partial charge in [0.2, 0.25) is 5.43 Å². The number of aliphatic hydroxyl groups excluding tert-OH is 1. The highest BCUT2D eigenvalue weighted by atomic mass is 35.5. The molecule has 150 valence electrons. The maximum Gasteiger partial charge on any atom is 0.511 e. The van der Waals surface area contributed by atoms with E-state index < -0.39 is 17.7 Å². The van der Waals surface area contributed by atoms with Crippen LogP contribution < -0.4 is 19.8 Å². The molecule has 2 aliphatic heterocycles. The van der Waals surface area contributed by atoms with E-state index in [1.807, 2.05) is 7.05 Å². The van der Waals surface area contributed by atoms with Crippen LogP contribution in [0.5, 0.6) is 11.5 Å². The Balaban J connectivity index is 1.94. The highest BCUT2D eigenvalue weighted by molar-refractivity contribution is 6.34. The maximum absolute atomic E-state index is 12.8. The van der Waals surface area contributed by atoms with Crippen LogP contribution in [0.4, 0.5) is 10.5 Å². The summed E-state index contributed by atoms with van der Waals surface area (Å²) >= 11 is 6.55. The van der Waals surface area contributed by atoms with E-state index in [0.717, 1.165) is 26.2 Å². The van der Waals surface area contributed by atoms with Crippen LogP contribution in [0.2, 0.25) is 5.02 Å². The van der Waals surface area contributed by atoms with Gasteiger partial charge in [-0.15, -0.1) is 0 Å². The molecule has 0 unspecified atom stereocenters. The normalized spacial score (nSPS) is 19.5. The molecule has 0 spiro atoms. The molecule has 3 heterocycles. The molecule has 1 atom stereocenters. The van der Waals surface area contributed by atoms with Gasteiger partial charge in [-0.05, 0) is 13.1 Å². The van der Waals surface area contributed by atoms with E-state index in [2.05, 4.69) is 14.5 Å². The first-order chi connectivity index (χ1) is 13.4. The minimum absolute atomic E-state index is 0.216. The van der Waals surface area contributed by atoms with Gasteiger partial charge in [-0.25, -0.2) is 4.79 Å². The van der Waals surface area contributed by atoms with E-state index in [1.54, 1.807) is 4.57 Å². The number of hydrogen-bond donors (Lipinski definition) is 2. The number of anilines is 1. The zero-order chi connectivity index (χ0) is 20.0. The quantitative estimate of drug-likeness (QED) is 0.729. The molecule has 2 N–H and O–H groups in total. The topological polar surface area (TPSA) is 104 Å². The van der Waals surface area contributed by atoms with Crippen LogP contribution in [-0.2, 0) is 6.54 Å². The number of carbonyl (C=O) groups is 1. The minimum Gasteiger partial charge on any atom is -0.482 e. The summed E-state index contributed by atoms with van der Waals surface area (Å²) in [5.41, 5.74) is 0.624. The van der Waals surface area contributed by atoms with Crippen LogP contribution in [0, 0.1) is 0 Å². The van der Waals surface area contributed by atoms with Crippen LogP contribution in [0.15, 0.2) is 17.1 Å². The number of halogens is 1. The van der Waals surface area contributed by atoms with Crippen LogP contribution in [0.1, 0.15) is 0 Å². The highest BCUT2D eigenvalue weighted by Crippen LogP contribution is 2.44. The molecule has 28 heavy (non-hydrogen) atoms. The number of hydrogen-bond acceptors (Lipinski definition) is 7. The van der Waals surface area contributed by atoms with Gasteiger partial charge in [0.05, 0.1) is 35.3 Å². The summed E-state index contributed by atoms with van der Waals surface area (Å²) in [7, 11) is 2.04. The lowest BCUT2D eigenvalue weighted by Crippen LogP contribution is -2.45. The number of likely N-dealkylation sites (N-methyl/N-ethyl adjacent to an activating group) is 1. The summed E-state index contributed by atoms with van der Waals surface area (Å²) < 4.78 is 12.3. The first-order valence-corrected chi connectivity index (χ1v) is 9.28. The smallest absolute Gasteiger partial charge is 0.482 e. The molecular weight excluding hydrogens is 390 g/mol. The highest BCUT2D eigenvalue weighted by Gasteiger charge is 2.31. The number of carboxylic acid groups (broad SMARTS) is 1. The Kier molecular flexibility index (Phi) is 4.82. The molecule has 1 fully saturated rings. The van der Waals surface area contributed by atoms with Gasteiger partial charge in [0, 0.05) is 26.2 Å². The molecular formula is C18H20ClN3O6. The van der Waals surface area contributed by atoms with Gasteiger partial charge in [-0.1, -0.05) is 11.6 Å². The van der Waals surface area contributed by atoms with Crippen LogP contribution in [0.3, 0.4) is 0 Å². The van der Waals surface area contributed by atoms with Crippen molar-refractivity contribution in [2.24, 2.45) is 0 Å². The van der Waals surface area contributed by atoms with Crippen LogP contribution in [0.25, 0.3) is 10.9 Å². The van der Waals surface area contributed by atoms with Crippen molar-refractivity contribution in [2.45, 2.75) is 12.6 Å². The van der Waals surface area contributed by atoms with Crippen molar-refractivity contribution in [2.75, 3.05) is 44.7 Å². The van der Waals surface area contributed by atoms with Crippen LogP contribution in [-0.4, -0.2) is 71.8 Å². The number of nitrogens with zero attached hydrogens (tertiary/aromatic N) is 3. The molecule has 2 aromatic rings. The molecule has 0 bridgehead atoms. The molecule has 0 aliphatic carbocycles. The average molecular weight is 410 g/mol. The number of piperazine rings is 1. The van der Waals surface area contributed by atoms with E-state index in [0.29, 0.717) is 22.0 Å². The summed E-state index contributed by atoms with van der Waals surface area (Å²) in [6, 6.07) is 1.53. The van der Waals surface area contributed by atoms with Crippen molar-refractivity contribution in [3.8, 4) is 11.5 Å². The molecule has 1 saturated heterocycles. The molecule has 1 aromatic heterocycles. The summed E-state index contributed by atoms with van der Waals surface area (Å²) in [5.74, 6) is 0.115. The molecule has 0 radical (unpaired) electrons. The van der Waals surface area contributed by atoms with Gasteiger partial charge in [0.1, 0.15) is 11.8 Å². The zero-order valence-electron chi connectivity index (χ0n) is 15.2. The first-order valence-electron chi connectivity index (χ1n) is 8.90. The van der Waals surface area contributed by atoms with Gasteiger partial charge >= 0.3 is 6.16 Å². The minimum atomic E-state index is -1.57. The second kappa shape index (κ2) is 7.16. The van der Waals surface area contributed by atoms with E-state index in [-0.39, 0.29) is 24.3 Å². The van der Waals surface area contributed by atoms with Gasteiger partial charge in [0.25, 0.3) is 0 Å². The Labute approximate surface area is 165 Å². The van der Waals surface area contributed by atoms with Crippen molar-refractivity contribution in [3.05, 3.63) is 27.5 Å². The molecule has 2 aliphatic rings. The van der Waals surface area contributed by atoms with E-state index >= 15 is 0 Å². The number of pyridine rings is 1. The van der Waals surface area contributed by atoms with Crippen molar-refractivity contribution in [3.63, 3.8) is 0 Å². The Morgan fingerprint density at radius 1 is 1.36 bits per heavy atom. The number of aliphatic hydroxyl groups is 1. The first kappa shape index (κ1) is 18.9. The molecule has 10 heteroatoms. The third-order valence-corrected chi connectivity index (χ3v) is 5.40. The molecule has 9 nitrogen and oxygen atoms in total. The summed E-state index contributed by atoms with van der Waals surface area (Å²) in [6.45, 7) is 3.21. The van der Waals surface area contributed by atoms with E-state index in [9.17, 15) is 14.7 Å². The summed E-state index contributed by atoms with van der Waals surface area (Å²) in [4.78, 5) is 28.0. The summed E-state index contributed by atoms with van der Waals surface area (Å²) in [6.07, 6.45) is -0.786. The molecule has 0 amide bonds. The second-order valence-electron chi connectivity index (χ2n) is 6.99. The monoisotopic (exact) mass is 409 g/mol. The molecule has 0 saturated carbocycles. The van der Waals surface area contributed by atoms with Crippen molar-refractivity contribution < 1.29 is 24.5 Å². The van der Waals surface area contributed by atoms with Crippen molar-refractivity contribution in [1.82, 2.24) is 9.47 Å². The fourth-order valence-corrected chi connectivity index (χ4v) is 4.04. The largest absolute Gasteiger partial charge is 0.511 e. The van der Waals surface area contributed by atoms with Crippen molar-refractivity contribution in [1.29, 1.82) is 0 Å². The van der Waals surface area contributed by atoms with Gasteiger partial charge in [-0.2, -0.15) is 0 Å². The van der Waals surface area contributed by atoms with Crippen molar-refractivity contribution >= 4 is 34.3 Å². The van der Waals surface area contributed by atoms with Gasteiger partial charge in [-0.3, -0.25) is 4.79 Å². The van der Waals surface area contributed by atoms with Crippen LogP contribution >= 0.6 is 11.6 Å². The Bertz CT molecular complexity index is 999. The molecule has 4 rings (SSSR count). The lowest BCUT2D eigenvalue weighted by molar-refractivity contribution is 0.0951. The number of ether oxygens (including phenoxy) is 2.